The van der Waals surface area contributed by atoms with Crippen LogP contribution in [0.15, 0.2) is 42.7 Å². The van der Waals surface area contributed by atoms with E-state index in [-0.39, 0.29) is 5.75 Å². The van der Waals surface area contributed by atoms with Crippen molar-refractivity contribution in [2.24, 2.45) is 0 Å². The number of hydrogen-bond acceptors (Lipinski definition) is 4. The molecule has 1 aromatic heterocycles. The molecule has 4 nitrogen and oxygen atoms in total. The molecule has 16 heavy (non-hydrogen) atoms. The molecular formula is C12H8N2O2. The minimum atomic E-state index is 0.166. The maximum Gasteiger partial charge on any atom is 0.163 e. The fraction of sp³-hybridized carbons (Fsp3) is 0. The molecule has 4 heteroatoms. The molecule has 1 aromatic carbocycles. The number of ether oxygens (including phenoxy) is 1. The summed E-state index contributed by atoms with van der Waals surface area (Å²) in [4.78, 5) is 3.88. The number of phenolic OH excluding ortho intramolecular Hbond substituents is 1. The lowest BCUT2D eigenvalue weighted by molar-refractivity contribution is 0.463. The molecule has 0 amide bonds. The third-order valence-corrected chi connectivity index (χ3v) is 1.97. The quantitative estimate of drug-likeness (QED) is 0.830. The van der Waals surface area contributed by atoms with E-state index in [1.54, 1.807) is 18.2 Å². The molecule has 0 atom stereocenters. The summed E-state index contributed by atoms with van der Waals surface area (Å²) in [6, 6.07) is 9.84. The monoisotopic (exact) mass is 212 g/mol. The van der Waals surface area contributed by atoms with Crippen molar-refractivity contribution in [1.82, 2.24) is 4.98 Å². The Hall–Kier alpha value is -2.54. The van der Waals surface area contributed by atoms with E-state index < -0.39 is 0 Å². The number of pyridine rings is 1. The van der Waals surface area contributed by atoms with Crippen molar-refractivity contribution in [3.63, 3.8) is 0 Å². The zero-order valence-electron chi connectivity index (χ0n) is 8.29. The summed E-state index contributed by atoms with van der Waals surface area (Å²) in [5.74, 6) is 1.11. The molecule has 0 aliphatic carbocycles. The van der Waals surface area contributed by atoms with Gasteiger partial charge in [0.15, 0.2) is 5.75 Å². The van der Waals surface area contributed by atoms with E-state index in [9.17, 15) is 0 Å². The molecule has 0 aliphatic heterocycles. The molecule has 1 heterocycles. The second-order valence-electron chi connectivity index (χ2n) is 3.08. The van der Waals surface area contributed by atoms with Crippen LogP contribution in [0, 0.1) is 11.3 Å². The SMILES string of the molecule is N#Cc1ccncc1Oc1ccc(O)cc1. The van der Waals surface area contributed by atoms with Crippen LogP contribution in [0.2, 0.25) is 0 Å². The first-order chi connectivity index (χ1) is 7.79. The third-order valence-electron chi connectivity index (χ3n) is 1.97. The van der Waals surface area contributed by atoms with Gasteiger partial charge in [-0.05, 0) is 30.3 Å². The van der Waals surface area contributed by atoms with Gasteiger partial charge in [-0.1, -0.05) is 0 Å². The lowest BCUT2D eigenvalue weighted by Crippen LogP contribution is -1.88. The van der Waals surface area contributed by atoms with Gasteiger partial charge in [0.05, 0.1) is 11.8 Å². The summed E-state index contributed by atoms with van der Waals surface area (Å²) in [6.45, 7) is 0. The molecule has 0 aliphatic rings. The zero-order chi connectivity index (χ0) is 11.4. The predicted octanol–water partition coefficient (Wildman–Crippen LogP) is 2.45. The molecule has 0 saturated carbocycles. The van der Waals surface area contributed by atoms with E-state index in [0.29, 0.717) is 17.1 Å². The average molecular weight is 212 g/mol. The summed E-state index contributed by atoms with van der Waals surface area (Å²) < 4.78 is 5.46. The molecule has 78 valence electrons. The van der Waals surface area contributed by atoms with Crippen molar-refractivity contribution in [3.8, 4) is 23.3 Å². The Kier molecular flexibility index (Phi) is 2.70. The third kappa shape index (κ3) is 2.10. The van der Waals surface area contributed by atoms with Gasteiger partial charge in [0.1, 0.15) is 17.6 Å². The van der Waals surface area contributed by atoms with E-state index in [1.165, 1.54) is 24.5 Å². The Morgan fingerprint density at radius 2 is 1.94 bits per heavy atom. The second kappa shape index (κ2) is 4.32. The number of aromatic nitrogens is 1. The largest absolute Gasteiger partial charge is 0.508 e. The summed E-state index contributed by atoms with van der Waals surface area (Å²) >= 11 is 0. The van der Waals surface area contributed by atoms with E-state index in [0.717, 1.165) is 0 Å². The Bertz CT molecular complexity index is 529. The Morgan fingerprint density at radius 1 is 1.19 bits per heavy atom. The van der Waals surface area contributed by atoms with Crippen LogP contribution >= 0.6 is 0 Å². The summed E-state index contributed by atoms with van der Waals surface area (Å²) in [6.07, 6.45) is 3.01. The normalized spacial score (nSPS) is 9.44. The van der Waals surface area contributed by atoms with Crippen LogP contribution in [-0.4, -0.2) is 10.1 Å². The van der Waals surface area contributed by atoms with E-state index in [1.807, 2.05) is 6.07 Å². The lowest BCUT2D eigenvalue weighted by atomic mass is 10.2. The number of benzene rings is 1. The first-order valence-electron chi connectivity index (χ1n) is 4.60. The molecule has 2 rings (SSSR count). The van der Waals surface area contributed by atoms with Crippen molar-refractivity contribution in [2.45, 2.75) is 0 Å². The molecule has 1 N–H and O–H groups in total. The zero-order valence-corrected chi connectivity index (χ0v) is 8.29. The van der Waals surface area contributed by atoms with Crippen LogP contribution in [0.4, 0.5) is 0 Å². The number of phenols is 1. The van der Waals surface area contributed by atoms with Crippen molar-refractivity contribution >= 4 is 0 Å². The number of nitriles is 1. The maximum atomic E-state index is 9.10. The van der Waals surface area contributed by atoms with Crippen LogP contribution in [0.25, 0.3) is 0 Å². The van der Waals surface area contributed by atoms with Crippen molar-refractivity contribution in [2.75, 3.05) is 0 Å². The van der Waals surface area contributed by atoms with Gasteiger partial charge < -0.3 is 9.84 Å². The molecular weight excluding hydrogens is 204 g/mol. The fourth-order valence-corrected chi connectivity index (χ4v) is 1.19. The smallest absolute Gasteiger partial charge is 0.163 e. The highest BCUT2D eigenvalue weighted by Crippen LogP contribution is 2.25. The molecule has 2 aromatic rings. The average Bonchev–Trinajstić information content (AvgIpc) is 2.33. The van der Waals surface area contributed by atoms with Gasteiger partial charge in [0, 0.05) is 6.20 Å². The van der Waals surface area contributed by atoms with Crippen molar-refractivity contribution < 1.29 is 9.84 Å². The molecule has 0 spiro atoms. The van der Waals surface area contributed by atoms with Crippen LogP contribution < -0.4 is 4.74 Å². The maximum absolute atomic E-state index is 9.10. The number of hydrogen-bond donors (Lipinski definition) is 1. The van der Waals surface area contributed by atoms with Crippen molar-refractivity contribution in [3.05, 3.63) is 48.3 Å². The van der Waals surface area contributed by atoms with Gasteiger partial charge >= 0.3 is 0 Å². The first kappa shape index (κ1) is 9.99. The number of aromatic hydroxyl groups is 1. The highest BCUT2D eigenvalue weighted by molar-refractivity contribution is 5.43. The molecule has 0 unspecified atom stereocenters. The van der Waals surface area contributed by atoms with Crippen LogP contribution in [-0.2, 0) is 0 Å². The van der Waals surface area contributed by atoms with Gasteiger partial charge in [0.2, 0.25) is 0 Å². The van der Waals surface area contributed by atoms with Crippen LogP contribution in [0.1, 0.15) is 5.56 Å². The van der Waals surface area contributed by atoms with Crippen LogP contribution in [0.5, 0.6) is 17.2 Å². The minimum absolute atomic E-state index is 0.166. The molecule has 0 saturated heterocycles. The van der Waals surface area contributed by atoms with E-state index in [4.69, 9.17) is 15.1 Å². The van der Waals surface area contributed by atoms with Crippen LogP contribution in [0.3, 0.4) is 0 Å². The Morgan fingerprint density at radius 3 is 2.62 bits per heavy atom. The highest BCUT2D eigenvalue weighted by atomic mass is 16.5. The van der Waals surface area contributed by atoms with Gasteiger partial charge in [-0.3, -0.25) is 4.98 Å². The fourth-order valence-electron chi connectivity index (χ4n) is 1.19. The molecule has 0 radical (unpaired) electrons. The van der Waals surface area contributed by atoms with E-state index >= 15 is 0 Å². The molecule has 0 fully saturated rings. The topological polar surface area (TPSA) is 66.1 Å². The van der Waals surface area contributed by atoms with Gasteiger partial charge in [-0.2, -0.15) is 5.26 Å². The van der Waals surface area contributed by atoms with E-state index in [2.05, 4.69) is 4.98 Å². The minimum Gasteiger partial charge on any atom is -0.508 e. The summed E-state index contributed by atoms with van der Waals surface area (Å²) in [5.41, 5.74) is 0.420. The Labute approximate surface area is 92.4 Å². The standard InChI is InChI=1S/C12H8N2O2/c13-7-9-5-6-14-8-12(9)16-11-3-1-10(15)2-4-11/h1-6,8,15H. The summed E-state index contributed by atoms with van der Waals surface area (Å²) in [7, 11) is 0. The van der Waals surface area contributed by atoms with Crippen molar-refractivity contribution in [1.29, 1.82) is 5.26 Å². The van der Waals surface area contributed by atoms with Gasteiger partial charge in [-0.25, -0.2) is 0 Å². The molecule has 0 bridgehead atoms. The second-order valence-corrected chi connectivity index (χ2v) is 3.08. The number of nitrogens with zero attached hydrogens (tertiary/aromatic N) is 2. The first-order valence-corrected chi connectivity index (χ1v) is 4.60. The Balaban J connectivity index is 2.27. The van der Waals surface area contributed by atoms with Gasteiger partial charge in [-0.15, -0.1) is 0 Å². The highest BCUT2D eigenvalue weighted by Gasteiger charge is 2.03. The van der Waals surface area contributed by atoms with Gasteiger partial charge in [0.25, 0.3) is 0 Å². The number of rotatable bonds is 2. The predicted molar refractivity (Wildman–Crippen MR) is 57.1 cm³/mol. The lowest BCUT2D eigenvalue weighted by Gasteiger charge is -2.06. The summed E-state index contributed by atoms with van der Waals surface area (Å²) in [5, 5.41) is 17.9.